The van der Waals surface area contributed by atoms with E-state index in [9.17, 15) is 4.79 Å². The van der Waals surface area contributed by atoms with E-state index in [2.05, 4.69) is 42.2 Å². The third kappa shape index (κ3) is 6.02. The summed E-state index contributed by atoms with van der Waals surface area (Å²) in [4.78, 5) is 18.5. The number of methoxy groups -OCH3 is 1. The van der Waals surface area contributed by atoms with E-state index >= 15 is 0 Å². The van der Waals surface area contributed by atoms with Crippen molar-refractivity contribution < 1.29 is 9.53 Å². The van der Waals surface area contributed by atoms with Crippen molar-refractivity contribution in [2.45, 2.75) is 6.54 Å². The number of carbonyl (C=O) groups excluding carboxylic acids is 1. The number of amides is 1. The summed E-state index contributed by atoms with van der Waals surface area (Å²) in [5.41, 5.74) is 1.74. The minimum Gasteiger partial charge on any atom is -0.497 e. The van der Waals surface area contributed by atoms with Crippen LogP contribution in [0, 0.1) is 0 Å². The molecule has 146 valence electrons. The van der Waals surface area contributed by atoms with Gasteiger partial charge in [0.05, 0.1) is 13.7 Å². The molecular weight excluding hydrogens is 410 g/mol. The Morgan fingerprint density at radius 1 is 1.30 bits per heavy atom. The minimum atomic E-state index is -0.132. The summed E-state index contributed by atoms with van der Waals surface area (Å²) in [7, 11) is 7.31. The van der Waals surface area contributed by atoms with Gasteiger partial charge in [0.15, 0.2) is 5.96 Å². The number of aliphatic imine (C=N–C) groups is 1. The summed E-state index contributed by atoms with van der Waals surface area (Å²) in [6.07, 6.45) is 2.02. The molecule has 0 atom stereocenters. The summed E-state index contributed by atoms with van der Waals surface area (Å²) >= 11 is 3.49. The first kappa shape index (κ1) is 20.8. The largest absolute Gasteiger partial charge is 0.497 e. The lowest BCUT2D eigenvalue weighted by Gasteiger charge is -2.22. The van der Waals surface area contributed by atoms with E-state index in [1.165, 1.54) is 5.69 Å². The highest BCUT2D eigenvalue weighted by Crippen LogP contribution is 2.15. The average Bonchev–Trinajstić information content (AvgIpc) is 2.98. The first-order chi connectivity index (χ1) is 12.9. The molecule has 2 rings (SSSR count). The highest BCUT2D eigenvalue weighted by Gasteiger charge is 2.10. The lowest BCUT2D eigenvalue weighted by atomic mass is 10.2. The summed E-state index contributed by atoms with van der Waals surface area (Å²) in [6, 6.07) is 9.16. The molecule has 0 saturated carbocycles. The third-order valence-electron chi connectivity index (χ3n) is 4.07. The lowest BCUT2D eigenvalue weighted by molar-refractivity contribution is 0.0954. The normalized spacial score (nSPS) is 11.2. The number of nitrogens with one attached hydrogen (secondary N) is 2. The summed E-state index contributed by atoms with van der Waals surface area (Å²) in [6.45, 7) is 1.78. The van der Waals surface area contributed by atoms with Crippen molar-refractivity contribution in [3.05, 3.63) is 52.3 Å². The third-order valence-corrected chi connectivity index (χ3v) is 4.51. The van der Waals surface area contributed by atoms with Crippen LogP contribution in [0.3, 0.4) is 0 Å². The Morgan fingerprint density at radius 2 is 2.04 bits per heavy atom. The number of guanidine groups is 1. The number of rotatable bonds is 7. The van der Waals surface area contributed by atoms with Crippen LogP contribution in [0.1, 0.15) is 16.1 Å². The van der Waals surface area contributed by atoms with Gasteiger partial charge in [-0.15, -0.1) is 0 Å². The van der Waals surface area contributed by atoms with Crippen molar-refractivity contribution in [3.63, 3.8) is 0 Å². The van der Waals surface area contributed by atoms with Gasteiger partial charge in [0.2, 0.25) is 0 Å². The van der Waals surface area contributed by atoms with E-state index in [4.69, 9.17) is 4.74 Å². The molecule has 0 aliphatic carbocycles. The maximum Gasteiger partial charge on any atom is 0.251 e. The highest BCUT2D eigenvalue weighted by atomic mass is 79.9. The lowest BCUT2D eigenvalue weighted by Crippen LogP contribution is -2.42. The molecule has 0 saturated heterocycles. The molecule has 1 heterocycles. The molecule has 0 spiro atoms. The van der Waals surface area contributed by atoms with Crippen molar-refractivity contribution in [2.75, 3.05) is 34.3 Å². The Balaban J connectivity index is 1.80. The Bertz CT molecular complexity index is 803. The fourth-order valence-electron chi connectivity index (χ4n) is 2.64. The van der Waals surface area contributed by atoms with Crippen LogP contribution >= 0.6 is 15.9 Å². The van der Waals surface area contributed by atoms with Gasteiger partial charge < -0.3 is 24.8 Å². The number of aromatic nitrogens is 1. The van der Waals surface area contributed by atoms with E-state index in [0.717, 1.165) is 17.0 Å². The number of ether oxygens (including phenoxy) is 1. The molecule has 2 N–H and O–H groups in total. The molecule has 0 fully saturated rings. The van der Waals surface area contributed by atoms with Crippen LogP contribution in [0.5, 0.6) is 5.75 Å². The van der Waals surface area contributed by atoms with Gasteiger partial charge in [0, 0.05) is 56.2 Å². The molecule has 1 aromatic heterocycles. The number of halogens is 1. The molecule has 0 bridgehead atoms. The van der Waals surface area contributed by atoms with Crippen LogP contribution in [0.2, 0.25) is 0 Å². The number of carbonyl (C=O) groups is 1. The van der Waals surface area contributed by atoms with Crippen LogP contribution in [0.25, 0.3) is 0 Å². The molecule has 0 radical (unpaired) electrons. The van der Waals surface area contributed by atoms with E-state index in [1.54, 1.807) is 32.4 Å². The predicted octanol–water partition coefficient (Wildman–Crippen LogP) is 2.23. The topological polar surface area (TPSA) is 70.9 Å². The predicted molar refractivity (Wildman–Crippen MR) is 111 cm³/mol. The average molecular weight is 436 g/mol. The Labute approximate surface area is 168 Å². The van der Waals surface area contributed by atoms with Crippen molar-refractivity contribution in [3.8, 4) is 5.75 Å². The zero-order valence-corrected chi connectivity index (χ0v) is 17.7. The molecule has 1 aromatic carbocycles. The number of hydrogen-bond donors (Lipinski definition) is 2. The van der Waals surface area contributed by atoms with Gasteiger partial charge in [-0.2, -0.15) is 0 Å². The van der Waals surface area contributed by atoms with E-state index < -0.39 is 0 Å². The molecule has 27 heavy (non-hydrogen) atoms. The molecule has 2 aromatic rings. The van der Waals surface area contributed by atoms with Gasteiger partial charge in [0.25, 0.3) is 5.91 Å². The quantitative estimate of drug-likeness (QED) is 0.397. The van der Waals surface area contributed by atoms with Crippen LogP contribution < -0.4 is 15.4 Å². The maximum atomic E-state index is 12.2. The highest BCUT2D eigenvalue weighted by molar-refractivity contribution is 9.10. The molecule has 0 aliphatic rings. The van der Waals surface area contributed by atoms with Crippen LogP contribution in [0.4, 0.5) is 0 Å². The van der Waals surface area contributed by atoms with Crippen LogP contribution in [-0.4, -0.2) is 55.6 Å². The first-order valence-electron chi connectivity index (χ1n) is 8.59. The summed E-state index contributed by atoms with van der Waals surface area (Å²) < 4.78 is 8.27. The van der Waals surface area contributed by atoms with Crippen molar-refractivity contribution in [1.82, 2.24) is 20.1 Å². The summed E-state index contributed by atoms with van der Waals surface area (Å²) in [5.74, 6) is 1.30. The maximum absolute atomic E-state index is 12.2. The van der Waals surface area contributed by atoms with Crippen molar-refractivity contribution >= 4 is 27.8 Å². The second kappa shape index (κ2) is 10.0. The molecule has 0 unspecified atom stereocenters. The zero-order chi connectivity index (χ0) is 19.8. The number of benzene rings is 1. The van der Waals surface area contributed by atoms with Crippen molar-refractivity contribution in [2.24, 2.45) is 12.0 Å². The molecular formula is C19H26BrN5O2. The van der Waals surface area contributed by atoms with Gasteiger partial charge in [-0.1, -0.05) is 6.07 Å². The SMILES string of the molecule is CN=C(NCCNC(=O)c1cccc(OC)c1)N(C)Cc1cc(Br)cn1C. The number of aryl methyl sites for hydroxylation is 1. The molecule has 1 amide bonds. The van der Waals surface area contributed by atoms with Gasteiger partial charge >= 0.3 is 0 Å². The smallest absolute Gasteiger partial charge is 0.251 e. The number of hydrogen-bond acceptors (Lipinski definition) is 3. The van der Waals surface area contributed by atoms with Crippen LogP contribution in [0.15, 0.2) is 46.0 Å². The first-order valence-corrected chi connectivity index (χ1v) is 9.38. The van der Waals surface area contributed by atoms with Gasteiger partial charge in [0.1, 0.15) is 5.75 Å². The Hall–Kier alpha value is -2.48. The number of nitrogens with zero attached hydrogens (tertiary/aromatic N) is 3. The standard InChI is InChI=1S/C19H26BrN5O2/c1-21-19(25(3)13-16-11-15(20)12-24(16)2)23-9-8-22-18(26)14-6-5-7-17(10-14)27-4/h5-7,10-12H,8-9,13H2,1-4H3,(H,21,23)(H,22,26). The second-order valence-electron chi connectivity index (χ2n) is 6.08. The van der Waals surface area contributed by atoms with Crippen molar-refractivity contribution in [1.29, 1.82) is 0 Å². The second-order valence-corrected chi connectivity index (χ2v) is 6.99. The van der Waals surface area contributed by atoms with Gasteiger partial charge in [-0.3, -0.25) is 9.79 Å². The van der Waals surface area contributed by atoms with E-state index in [-0.39, 0.29) is 5.91 Å². The molecule has 8 heteroatoms. The minimum absolute atomic E-state index is 0.132. The molecule has 7 nitrogen and oxygen atoms in total. The Kier molecular flexibility index (Phi) is 7.72. The van der Waals surface area contributed by atoms with Crippen LogP contribution in [-0.2, 0) is 13.6 Å². The van der Waals surface area contributed by atoms with Gasteiger partial charge in [-0.05, 0) is 40.2 Å². The fourth-order valence-corrected chi connectivity index (χ4v) is 3.21. The summed E-state index contributed by atoms with van der Waals surface area (Å²) in [5, 5.41) is 6.15. The van der Waals surface area contributed by atoms with E-state index in [1.807, 2.05) is 31.3 Å². The van der Waals surface area contributed by atoms with E-state index in [0.29, 0.717) is 24.4 Å². The Morgan fingerprint density at radius 3 is 2.67 bits per heavy atom. The zero-order valence-electron chi connectivity index (χ0n) is 16.1. The fraction of sp³-hybridized carbons (Fsp3) is 0.368. The van der Waals surface area contributed by atoms with Gasteiger partial charge in [-0.25, -0.2) is 0 Å². The molecule has 0 aliphatic heterocycles. The monoisotopic (exact) mass is 435 g/mol.